The Kier molecular flexibility index (Phi) is 2.13. The number of hydrogen-bond acceptors (Lipinski definition) is 0. The number of rotatable bonds is 1. The Morgan fingerprint density at radius 1 is 1.15 bits per heavy atom. The average molecular weight is 191 g/mol. The van der Waals surface area contributed by atoms with Crippen LogP contribution in [0.3, 0.4) is 0 Å². The van der Waals surface area contributed by atoms with Crippen molar-refractivity contribution in [3.63, 3.8) is 0 Å². The molecule has 0 amide bonds. The van der Waals surface area contributed by atoms with Crippen LogP contribution in [0, 0.1) is 6.92 Å². The van der Waals surface area contributed by atoms with E-state index in [4.69, 9.17) is 0 Å². The molecule has 2 rings (SSSR count). The summed E-state index contributed by atoms with van der Waals surface area (Å²) in [5.41, 5.74) is 4.12. The van der Waals surface area contributed by atoms with Crippen LogP contribution < -0.4 is 5.44 Å². The van der Waals surface area contributed by atoms with Crippen molar-refractivity contribution >= 4 is 24.3 Å². The first-order valence-corrected chi connectivity index (χ1v) is 6.68. The molecule has 0 aliphatic heterocycles. The Bertz CT molecular complexity index is 429. The molecular formula is C11H14NP. The SMILES string of the molecule is Cc1c(P(C)C)[nH]c2ccccc12. The molecule has 0 unspecified atom stereocenters. The van der Waals surface area contributed by atoms with E-state index < -0.39 is 0 Å². The molecule has 1 nitrogen and oxygen atoms in total. The Morgan fingerprint density at radius 2 is 1.85 bits per heavy atom. The molecule has 1 aromatic heterocycles. The molecule has 0 radical (unpaired) electrons. The summed E-state index contributed by atoms with van der Waals surface area (Å²) in [7, 11) is -0.0188. The van der Waals surface area contributed by atoms with Crippen LogP contribution >= 0.6 is 7.92 Å². The highest BCUT2D eigenvalue weighted by molar-refractivity contribution is 7.64. The van der Waals surface area contributed by atoms with Gasteiger partial charge < -0.3 is 4.98 Å². The average Bonchev–Trinajstić information content (AvgIpc) is 2.45. The Morgan fingerprint density at radius 3 is 2.46 bits per heavy atom. The van der Waals surface area contributed by atoms with Crippen LogP contribution in [0.1, 0.15) is 5.56 Å². The molecule has 0 aliphatic rings. The van der Waals surface area contributed by atoms with Crippen LogP contribution in [0.4, 0.5) is 0 Å². The van der Waals surface area contributed by atoms with Crippen molar-refractivity contribution in [1.82, 2.24) is 4.98 Å². The fourth-order valence-corrected chi connectivity index (χ4v) is 2.85. The van der Waals surface area contributed by atoms with Crippen molar-refractivity contribution in [2.75, 3.05) is 13.3 Å². The lowest BCUT2D eigenvalue weighted by molar-refractivity contribution is 1.50. The minimum atomic E-state index is -0.0188. The molecule has 0 bridgehead atoms. The standard InChI is InChI=1S/C11H14NP/c1-8-9-6-4-5-7-10(9)12-11(8)13(2)3/h4-7,12H,1-3H3. The van der Waals surface area contributed by atoms with E-state index in [1.165, 1.54) is 21.9 Å². The van der Waals surface area contributed by atoms with Crippen LogP contribution in [0.25, 0.3) is 10.9 Å². The molecule has 0 fully saturated rings. The van der Waals surface area contributed by atoms with Gasteiger partial charge in [-0.25, -0.2) is 0 Å². The topological polar surface area (TPSA) is 15.8 Å². The zero-order valence-corrected chi connectivity index (χ0v) is 9.15. The van der Waals surface area contributed by atoms with Gasteiger partial charge in [-0.2, -0.15) is 0 Å². The van der Waals surface area contributed by atoms with Gasteiger partial charge in [0, 0.05) is 16.3 Å². The molecule has 1 aromatic carbocycles. The van der Waals surface area contributed by atoms with Gasteiger partial charge in [0.2, 0.25) is 0 Å². The zero-order chi connectivity index (χ0) is 9.42. The predicted molar refractivity (Wildman–Crippen MR) is 61.4 cm³/mol. The van der Waals surface area contributed by atoms with E-state index >= 15 is 0 Å². The second-order valence-electron chi connectivity index (χ2n) is 3.54. The maximum absolute atomic E-state index is 3.49. The van der Waals surface area contributed by atoms with Crippen LogP contribution in [0.2, 0.25) is 0 Å². The van der Waals surface area contributed by atoms with Crippen molar-refractivity contribution in [1.29, 1.82) is 0 Å². The summed E-state index contributed by atoms with van der Waals surface area (Å²) < 4.78 is 0. The third-order valence-corrected chi connectivity index (χ3v) is 3.73. The first-order valence-electron chi connectivity index (χ1n) is 4.45. The fourth-order valence-electron chi connectivity index (χ4n) is 1.72. The largest absolute Gasteiger partial charge is 0.355 e. The minimum Gasteiger partial charge on any atom is -0.355 e. The molecule has 0 aliphatic carbocycles. The first kappa shape index (κ1) is 8.77. The smallest absolute Gasteiger partial charge is 0.0461 e. The molecule has 0 saturated heterocycles. The van der Waals surface area contributed by atoms with E-state index in [1.54, 1.807) is 0 Å². The fraction of sp³-hybridized carbons (Fsp3) is 0.273. The number of benzene rings is 1. The number of fused-ring (bicyclic) bond motifs is 1. The van der Waals surface area contributed by atoms with Gasteiger partial charge in [-0.1, -0.05) is 26.1 Å². The predicted octanol–water partition coefficient (Wildman–Crippen LogP) is 2.84. The molecule has 0 atom stereocenters. The van der Waals surface area contributed by atoms with Crippen LogP contribution in [0.5, 0.6) is 0 Å². The molecular weight excluding hydrogens is 177 g/mol. The van der Waals surface area contributed by atoms with E-state index in [2.05, 4.69) is 49.5 Å². The van der Waals surface area contributed by atoms with Gasteiger partial charge in [-0.05, 0) is 31.9 Å². The second-order valence-corrected chi connectivity index (χ2v) is 5.77. The summed E-state index contributed by atoms with van der Waals surface area (Å²) in [5, 5.41) is 1.37. The zero-order valence-electron chi connectivity index (χ0n) is 8.26. The highest BCUT2D eigenvalue weighted by Gasteiger charge is 2.08. The molecule has 1 heterocycles. The summed E-state index contributed by atoms with van der Waals surface area (Å²) in [4.78, 5) is 3.49. The van der Waals surface area contributed by atoms with Crippen molar-refractivity contribution in [3.8, 4) is 0 Å². The number of aromatic amines is 1. The normalized spacial score (nSPS) is 11.4. The second kappa shape index (κ2) is 3.16. The monoisotopic (exact) mass is 191 g/mol. The van der Waals surface area contributed by atoms with E-state index in [0.717, 1.165) is 0 Å². The summed E-state index contributed by atoms with van der Waals surface area (Å²) in [6.45, 7) is 6.77. The van der Waals surface area contributed by atoms with Crippen molar-refractivity contribution in [2.24, 2.45) is 0 Å². The summed E-state index contributed by atoms with van der Waals surface area (Å²) in [6.07, 6.45) is 0. The number of aryl methyl sites for hydroxylation is 1. The van der Waals surface area contributed by atoms with Gasteiger partial charge in [-0.15, -0.1) is 0 Å². The lowest BCUT2D eigenvalue weighted by Crippen LogP contribution is -2.02. The quantitative estimate of drug-likeness (QED) is 0.667. The Hall–Kier alpha value is -0.810. The first-order chi connectivity index (χ1) is 6.20. The molecule has 2 aromatic rings. The van der Waals surface area contributed by atoms with Gasteiger partial charge >= 0.3 is 0 Å². The third-order valence-electron chi connectivity index (χ3n) is 2.39. The van der Waals surface area contributed by atoms with Gasteiger partial charge in [0.25, 0.3) is 0 Å². The number of hydrogen-bond donors (Lipinski definition) is 1. The molecule has 13 heavy (non-hydrogen) atoms. The third kappa shape index (κ3) is 1.38. The van der Waals surface area contributed by atoms with E-state index in [0.29, 0.717) is 0 Å². The lowest BCUT2D eigenvalue weighted by Gasteiger charge is -2.02. The van der Waals surface area contributed by atoms with Crippen molar-refractivity contribution in [3.05, 3.63) is 29.8 Å². The highest BCUT2D eigenvalue weighted by Crippen LogP contribution is 2.28. The maximum atomic E-state index is 3.49. The van der Waals surface area contributed by atoms with Crippen LogP contribution in [-0.2, 0) is 0 Å². The van der Waals surface area contributed by atoms with Gasteiger partial charge in [0.05, 0.1) is 0 Å². The molecule has 0 spiro atoms. The Labute approximate surface area is 79.9 Å². The van der Waals surface area contributed by atoms with Gasteiger partial charge in [0.1, 0.15) is 0 Å². The van der Waals surface area contributed by atoms with E-state index in [-0.39, 0.29) is 7.92 Å². The number of nitrogens with one attached hydrogen (secondary N) is 1. The summed E-state index contributed by atoms with van der Waals surface area (Å²) >= 11 is 0. The maximum Gasteiger partial charge on any atom is 0.0461 e. The van der Waals surface area contributed by atoms with Crippen LogP contribution in [0.15, 0.2) is 24.3 Å². The minimum absolute atomic E-state index is 0.0188. The Balaban J connectivity index is 2.74. The summed E-state index contributed by atoms with van der Waals surface area (Å²) in [6, 6.07) is 8.50. The van der Waals surface area contributed by atoms with Crippen molar-refractivity contribution < 1.29 is 0 Å². The number of para-hydroxylation sites is 1. The van der Waals surface area contributed by atoms with Gasteiger partial charge in [0.15, 0.2) is 0 Å². The highest BCUT2D eigenvalue weighted by atomic mass is 31.1. The number of aromatic nitrogens is 1. The molecule has 0 saturated carbocycles. The lowest BCUT2D eigenvalue weighted by atomic mass is 10.2. The molecule has 2 heteroatoms. The van der Waals surface area contributed by atoms with E-state index in [1.807, 2.05) is 0 Å². The van der Waals surface area contributed by atoms with Gasteiger partial charge in [-0.3, -0.25) is 0 Å². The molecule has 1 N–H and O–H groups in total. The number of H-pyrrole nitrogens is 1. The summed E-state index contributed by atoms with van der Waals surface area (Å²) in [5.74, 6) is 0. The van der Waals surface area contributed by atoms with Crippen LogP contribution in [-0.4, -0.2) is 18.3 Å². The molecule has 68 valence electrons. The van der Waals surface area contributed by atoms with Crippen molar-refractivity contribution in [2.45, 2.75) is 6.92 Å². The van der Waals surface area contributed by atoms with E-state index in [9.17, 15) is 0 Å².